The summed E-state index contributed by atoms with van der Waals surface area (Å²) in [4.78, 5) is 2.29. The van der Waals surface area contributed by atoms with E-state index in [9.17, 15) is 8.42 Å². The molecule has 2 rings (SSSR count). The second kappa shape index (κ2) is 3.00. The highest BCUT2D eigenvalue weighted by molar-refractivity contribution is 7.91. The molecule has 12 heavy (non-hydrogen) atoms. The van der Waals surface area contributed by atoms with E-state index >= 15 is 0 Å². The molecule has 0 atom stereocenters. The van der Waals surface area contributed by atoms with E-state index in [0.717, 1.165) is 25.6 Å². The maximum absolute atomic E-state index is 11.1. The maximum atomic E-state index is 11.1. The monoisotopic (exact) mass is 189 g/mol. The van der Waals surface area contributed by atoms with Crippen LogP contribution in [0.25, 0.3) is 0 Å². The summed E-state index contributed by atoms with van der Waals surface area (Å²) in [5.41, 5.74) is 0. The molecule has 0 N–H and O–H groups in total. The van der Waals surface area contributed by atoms with Crippen molar-refractivity contribution >= 4 is 9.84 Å². The number of nitrogens with zero attached hydrogens (tertiary/aromatic N) is 1. The minimum Gasteiger partial charge on any atom is -0.301 e. The Labute approximate surface area is 73.7 Å². The summed E-state index contributed by atoms with van der Waals surface area (Å²) in [6, 6.07) is 0. The SMILES string of the molecule is O=S1(=O)CCN(CC2CC2)CC1. The summed E-state index contributed by atoms with van der Waals surface area (Å²) in [5, 5.41) is 0. The van der Waals surface area contributed by atoms with E-state index in [1.165, 1.54) is 12.8 Å². The highest BCUT2D eigenvalue weighted by Crippen LogP contribution is 2.29. The molecule has 2 aliphatic rings. The predicted molar refractivity (Wildman–Crippen MR) is 47.8 cm³/mol. The Morgan fingerprint density at radius 3 is 2.25 bits per heavy atom. The van der Waals surface area contributed by atoms with Gasteiger partial charge in [0.2, 0.25) is 0 Å². The quantitative estimate of drug-likeness (QED) is 0.619. The molecule has 0 amide bonds. The molecular weight excluding hydrogens is 174 g/mol. The summed E-state index contributed by atoms with van der Waals surface area (Å²) >= 11 is 0. The average Bonchev–Trinajstić information content (AvgIpc) is 2.77. The molecule has 0 bridgehead atoms. The number of sulfone groups is 1. The standard InChI is InChI=1S/C8H15NO2S/c10-12(11)5-3-9(4-6-12)7-8-1-2-8/h8H,1-7H2. The van der Waals surface area contributed by atoms with Crippen LogP contribution in [-0.2, 0) is 9.84 Å². The van der Waals surface area contributed by atoms with Gasteiger partial charge in [0.15, 0.2) is 9.84 Å². The van der Waals surface area contributed by atoms with Gasteiger partial charge >= 0.3 is 0 Å². The lowest BCUT2D eigenvalue weighted by Gasteiger charge is -2.26. The first-order valence-corrected chi connectivity index (χ1v) is 6.41. The van der Waals surface area contributed by atoms with Crippen LogP contribution in [0.15, 0.2) is 0 Å². The van der Waals surface area contributed by atoms with Crippen molar-refractivity contribution in [1.82, 2.24) is 4.90 Å². The van der Waals surface area contributed by atoms with Crippen molar-refractivity contribution in [3.05, 3.63) is 0 Å². The molecule has 0 spiro atoms. The van der Waals surface area contributed by atoms with Gasteiger partial charge in [0.25, 0.3) is 0 Å². The van der Waals surface area contributed by atoms with Crippen molar-refractivity contribution in [3.8, 4) is 0 Å². The van der Waals surface area contributed by atoms with E-state index in [-0.39, 0.29) is 0 Å². The Morgan fingerprint density at radius 2 is 1.75 bits per heavy atom. The Bertz CT molecular complexity index is 242. The van der Waals surface area contributed by atoms with Gasteiger partial charge in [-0.05, 0) is 18.8 Å². The zero-order valence-electron chi connectivity index (χ0n) is 7.20. The van der Waals surface area contributed by atoms with Gasteiger partial charge in [-0.15, -0.1) is 0 Å². The molecule has 0 radical (unpaired) electrons. The molecule has 0 unspecified atom stereocenters. The van der Waals surface area contributed by atoms with Gasteiger partial charge in [0.1, 0.15) is 0 Å². The Kier molecular flexibility index (Phi) is 2.12. The average molecular weight is 189 g/mol. The lowest BCUT2D eigenvalue weighted by atomic mass is 10.3. The number of hydrogen-bond acceptors (Lipinski definition) is 3. The van der Waals surface area contributed by atoms with Crippen LogP contribution in [-0.4, -0.2) is 44.5 Å². The number of rotatable bonds is 2. The van der Waals surface area contributed by atoms with Crippen molar-refractivity contribution in [1.29, 1.82) is 0 Å². The normalized spacial score (nSPS) is 30.3. The van der Waals surface area contributed by atoms with E-state index in [4.69, 9.17) is 0 Å². The van der Waals surface area contributed by atoms with Crippen LogP contribution in [0.2, 0.25) is 0 Å². The zero-order valence-corrected chi connectivity index (χ0v) is 8.02. The second-order valence-electron chi connectivity index (χ2n) is 3.90. The fourth-order valence-corrected chi connectivity index (χ4v) is 2.88. The smallest absolute Gasteiger partial charge is 0.152 e. The van der Waals surface area contributed by atoms with Gasteiger partial charge in [-0.25, -0.2) is 8.42 Å². The molecule has 0 aromatic heterocycles. The fraction of sp³-hybridized carbons (Fsp3) is 1.00. The summed E-state index contributed by atoms with van der Waals surface area (Å²) in [6.45, 7) is 2.66. The van der Waals surface area contributed by atoms with E-state index in [1.54, 1.807) is 0 Å². The largest absolute Gasteiger partial charge is 0.301 e. The van der Waals surface area contributed by atoms with Crippen LogP contribution >= 0.6 is 0 Å². The highest BCUT2D eigenvalue weighted by atomic mass is 32.2. The molecule has 1 saturated carbocycles. The molecule has 0 aromatic rings. The minimum atomic E-state index is -2.67. The Balaban J connectivity index is 1.81. The predicted octanol–water partition coefficient (Wildman–Crippen LogP) is 0.127. The first-order valence-electron chi connectivity index (χ1n) is 4.58. The zero-order chi connectivity index (χ0) is 8.60. The van der Waals surface area contributed by atoms with E-state index < -0.39 is 9.84 Å². The molecule has 70 valence electrons. The van der Waals surface area contributed by atoms with Crippen LogP contribution in [0.5, 0.6) is 0 Å². The van der Waals surface area contributed by atoms with Gasteiger partial charge in [-0.3, -0.25) is 0 Å². The van der Waals surface area contributed by atoms with E-state index in [2.05, 4.69) is 4.90 Å². The lowest BCUT2D eigenvalue weighted by Crippen LogP contribution is -2.41. The van der Waals surface area contributed by atoms with Gasteiger partial charge < -0.3 is 4.90 Å². The Morgan fingerprint density at radius 1 is 1.17 bits per heavy atom. The maximum Gasteiger partial charge on any atom is 0.152 e. The fourth-order valence-electron chi connectivity index (χ4n) is 1.60. The van der Waals surface area contributed by atoms with Crippen LogP contribution in [0.4, 0.5) is 0 Å². The molecule has 0 aromatic carbocycles. The topological polar surface area (TPSA) is 37.4 Å². The molecule has 4 heteroatoms. The van der Waals surface area contributed by atoms with Crippen molar-refractivity contribution in [2.24, 2.45) is 5.92 Å². The first kappa shape index (κ1) is 8.51. The third-order valence-electron chi connectivity index (χ3n) is 2.65. The summed E-state index contributed by atoms with van der Waals surface area (Å²) < 4.78 is 22.1. The molecule has 2 fully saturated rings. The highest BCUT2D eigenvalue weighted by Gasteiger charge is 2.27. The third kappa shape index (κ3) is 2.20. The van der Waals surface area contributed by atoms with Gasteiger partial charge in [0, 0.05) is 19.6 Å². The molecule has 1 aliphatic heterocycles. The van der Waals surface area contributed by atoms with E-state index in [0.29, 0.717) is 11.5 Å². The molecule has 1 aliphatic carbocycles. The summed E-state index contributed by atoms with van der Waals surface area (Å²) in [7, 11) is -2.67. The molecule has 1 saturated heterocycles. The van der Waals surface area contributed by atoms with E-state index in [1.807, 2.05) is 0 Å². The van der Waals surface area contributed by atoms with Crippen LogP contribution < -0.4 is 0 Å². The minimum absolute atomic E-state index is 0.375. The van der Waals surface area contributed by atoms with Crippen LogP contribution in [0, 0.1) is 5.92 Å². The lowest BCUT2D eigenvalue weighted by molar-refractivity contribution is 0.284. The summed E-state index contributed by atoms with van der Waals surface area (Å²) in [6.07, 6.45) is 2.70. The number of hydrogen-bond donors (Lipinski definition) is 0. The second-order valence-corrected chi connectivity index (χ2v) is 6.20. The first-order chi connectivity index (χ1) is 5.66. The van der Waals surface area contributed by atoms with Crippen molar-refractivity contribution in [3.63, 3.8) is 0 Å². The van der Waals surface area contributed by atoms with Crippen molar-refractivity contribution in [2.75, 3.05) is 31.1 Å². The van der Waals surface area contributed by atoms with Gasteiger partial charge in [-0.2, -0.15) is 0 Å². The van der Waals surface area contributed by atoms with Gasteiger partial charge in [-0.1, -0.05) is 0 Å². The van der Waals surface area contributed by atoms with Crippen molar-refractivity contribution in [2.45, 2.75) is 12.8 Å². The van der Waals surface area contributed by atoms with Gasteiger partial charge in [0.05, 0.1) is 11.5 Å². The Hall–Kier alpha value is -0.0900. The molecule has 3 nitrogen and oxygen atoms in total. The molecule has 1 heterocycles. The third-order valence-corrected chi connectivity index (χ3v) is 4.26. The summed E-state index contributed by atoms with van der Waals surface area (Å²) in [5.74, 6) is 1.63. The van der Waals surface area contributed by atoms with Crippen molar-refractivity contribution < 1.29 is 8.42 Å². The van der Waals surface area contributed by atoms with Crippen LogP contribution in [0.1, 0.15) is 12.8 Å². The molecular formula is C8H15NO2S. The van der Waals surface area contributed by atoms with Crippen LogP contribution in [0.3, 0.4) is 0 Å².